The van der Waals surface area contributed by atoms with Crippen molar-refractivity contribution in [2.75, 3.05) is 18.0 Å². The van der Waals surface area contributed by atoms with Gasteiger partial charge in [-0.2, -0.15) is 0 Å². The summed E-state index contributed by atoms with van der Waals surface area (Å²) < 4.78 is 0. The molecule has 0 aliphatic heterocycles. The van der Waals surface area contributed by atoms with Crippen molar-refractivity contribution in [3.63, 3.8) is 0 Å². The maximum Gasteiger partial charge on any atom is 0.0366 e. The summed E-state index contributed by atoms with van der Waals surface area (Å²) in [4.78, 5) is 2.31. The first-order valence-corrected chi connectivity index (χ1v) is 5.76. The molecule has 0 spiro atoms. The molecule has 0 fully saturated rings. The first kappa shape index (κ1) is 12.1. The van der Waals surface area contributed by atoms with Crippen molar-refractivity contribution in [3.8, 4) is 0 Å². The highest BCUT2D eigenvalue weighted by atomic mass is 15.1. The van der Waals surface area contributed by atoms with E-state index in [0.29, 0.717) is 0 Å². The summed E-state index contributed by atoms with van der Waals surface area (Å²) in [6.45, 7) is 8.31. The number of nitrogens with zero attached hydrogens (tertiary/aromatic N) is 1. The third-order valence-electron chi connectivity index (χ3n) is 2.60. The second-order valence-corrected chi connectivity index (χ2v) is 4.04. The van der Waals surface area contributed by atoms with Gasteiger partial charge in [0, 0.05) is 24.8 Å². The molecule has 1 unspecified atom stereocenters. The molecule has 84 valence electrons. The molecule has 0 amide bonds. The zero-order chi connectivity index (χ0) is 11.3. The fourth-order valence-corrected chi connectivity index (χ4v) is 1.71. The van der Waals surface area contributed by atoms with E-state index in [1.165, 1.54) is 11.3 Å². The molecule has 2 heteroatoms. The molecule has 0 aliphatic rings. The second kappa shape index (κ2) is 5.76. The quantitative estimate of drug-likeness (QED) is 0.801. The van der Waals surface area contributed by atoms with Crippen molar-refractivity contribution >= 4 is 5.69 Å². The Morgan fingerprint density at radius 2 is 1.80 bits per heavy atom. The number of anilines is 1. The molecule has 1 aromatic rings. The van der Waals surface area contributed by atoms with E-state index in [0.717, 1.165) is 19.5 Å². The maximum absolute atomic E-state index is 5.82. The predicted molar refractivity (Wildman–Crippen MR) is 67.4 cm³/mol. The molecule has 0 aliphatic carbocycles. The monoisotopic (exact) mass is 206 g/mol. The number of likely N-dealkylation sites (N-methyl/N-ethyl adjacent to an activating group) is 1. The summed E-state index contributed by atoms with van der Waals surface area (Å²) in [6.07, 6.45) is 1.10. The van der Waals surface area contributed by atoms with Crippen molar-refractivity contribution < 1.29 is 0 Å². The summed E-state index contributed by atoms with van der Waals surface area (Å²) in [6, 6.07) is 8.98. The van der Waals surface area contributed by atoms with Gasteiger partial charge in [-0.1, -0.05) is 19.1 Å². The van der Waals surface area contributed by atoms with Crippen molar-refractivity contribution in [3.05, 3.63) is 29.8 Å². The van der Waals surface area contributed by atoms with Gasteiger partial charge in [0.2, 0.25) is 0 Å². The average molecular weight is 206 g/mol. The zero-order valence-corrected chi connectivity index (χ0v) is 10.0. The Morgan fingerprint density at radius 1 is 1.20 bits per heavy atom. The molecule has 0 aromatic heterocycles. The number of hydrogen-bond acceptors (Lipinski definition) is 2. The molecule has 0 heterocycles. The van der Waals surface area contributed by atoms with E-state index < -0.39 is 0 Å². The largest absolute Gasteiger partial charge is 0.370 e. The first-order valence-electron chi connectivity index (χ1n) is 5.76. The number of nitrogens with two attached hydrogens (primary N) is 1. The van der Waals surface area contributed by atoms with Crippen LogP contribution in [0, 0.1) is 0 Å². The van der Waals surface area contributed by atoms with Crippen LogP contribution in [-0.2, 0) is 6.42 Å². The van der Waals surface area contributed by atoms with Gasteiger partial charge in [-0.05, 0) is 38.0 Å². The van der Waals surface area contributed by atoms with Gasteiger partial charge in [-0.3, -0.25) is 0 Å². The van der Waals surface area contributed by atoms with Crippen molar-refractivity contribution in [2.24, 2.45) is 5.73 Å². The van der Waals surface area contributed by atoms with E-state index in [1.807, 2.05) is 6.92 Å². The summed E-state index contributed by atoms with van der Waals surface area (Å²) in [5, 5.41) is 0. The molecule has 0 bridgehead atoms. The first-order chi connectivity index (χ1) is 7.17. The average Bonchev–Trinajstić information content (AvgIpc) is 2.26. The smallest absolute Gasteiger partial charge is 0.0366 e. The predicted octanol–water partition coefficient (Wildman–Crippen LogP) is 2.42. The minimum absolute atomic E-state index is 0.218. The lowest BCUT2D eigenvalue weighted by molar-refractivity contribution is 0.689. The molecule has 2 nitrogen and oxygen atoms in total. The van der Waals surface area contributed by atoms with E-state index in [4.69, 9.17) is 5.73 Å². The number of hydrogen-bond donors (Lipinski definition) is 1. The van der Waals surface area contributed by atoms with Crippen LogP contribution in [0.1, 0.15) is 26.3 Å². The van der Waals surface area contributed by atoms with Crippen molar-refractivity contribution in [1.82, 2.24) is 0 Å². The number of aryl methyl sites for hydroxylation is 1. The van der Waals surface area contributed by atoms with Crippen LogP contribution in [0.3, 0.4) is 0 Å². The summed E-state index contributed by atoms with van der Waals surface area (Å²) in [7, 11) is 0. The zero-order valence-electron chi connectivity index (χ0n) is 10.0. The standard InChI is InChI=1S/C13H22N2/c1-4-12-6-8-13(9-7-12)15(5-2)10-11(3)14/h6-9,11H,4-5,10,14H2,1-3H3. The van der Waals surface area contributed by atoms with Gasteiger partial charge >= 0.3 is 0 Å². The molecule has 15 heavy (non-hydrogen) atoms. The fraction of sp³-hybridized carbons (Fsp3) is 0.538. The van der Waals surface area contributed by atoms with E-state index in [-0.39, 0.29) is 6.04 Å². The summed E-state index contributed by atoms with van der Waals surface area (Å²) >= 11 is 0. The molecule has 2 N–H and O–H groups in total. The Labute approximate surface area is 93.1 Å². The molecular formula is C13H22N2. The molecule has 1 atom stereocenters. The molecule has 0 saturated carbocycles. The highest BCUT2D eigenvalue weighted by Gasteiger charge is 2.05. The minimum atomic E-state index is 0.218. The molecule has 1 rings (SSSR count). The van der Waals surface area contributed by atoms with E-state index >= 15 is 0 Å². The minimum Gasteiger partial charge on any atom is -0.370 e. The lowest BCUT2D eigenvalue weighted by Gasteiger charge is -2.25. The summed E-state index contributed by atoms with van der Waals surface area (Å²) in [5.41, 5.74) is 8.48. The SMILES string of the molecule is CCc1ccc(N(CC)CC(C)N)cc1. The van der Waals surface area contributed by atoms with E-state index in [1.54, 1.807) is 0 Å². The Bertz CT molecular complexity index is 277. The molecule has 1 aromatic carbocycles. The van der Waals surface area contributed by atoms with Crippen LogP contribution >= 0.6 is 0 Å². The van der Waals surface area contributed by atoms with Crippen LogP contribution in [0.15, 0.2) is 24.3 Å². The molecular weight excluding hydrogens is 184 g/mol. The number of benzene rings is 1. The fourth-order valence-electron chi connectivity index (χ4n) is 1.71. The lowest BCUT2D eigenvalue weighted by atomic mass is 10.1. The van der Waals surface area contributed by atoms with Gasteiger partial charge in [0.25, 0.3) is 0 Å². The Kier molecular flexibility index (Phi) is 4.63. The molecule has 0 saturated heterocycles. The summed E-state index contributed by atoms with van der Waals surface area (Å²) in [5.74, 6) is 0. The van der Waals surface area contributed by atoms with Crippen LogP contribution in [0.5, 0.6) is 0 Å². The second-order valence-electron chi connectivity index (χ2n) is 4.04. The Morgan fingerprint density at radius 3 is 2.20 bits per heavy atom. The lowest BCUT2D eigenvalue weighted by Crippen LogP contribution is -2.35. The van der Waals surface area contributed by atoms with Crippen LogP contribution in [-0.4, -0.2) is 19.1 Å². The van der Waals surface area contributed by atoms with Crippen LogP contribution in [0.4, 0.5) is 5.69 Å². The van der Waals surface area contributed by atoms with E-state index in [9.17, 15) is 0 Å². The van der Waals surface area contributed by atoms with Crippen molar-refractivity contribution in [1.29, 1.82) is 0 Å². The van der Waals surface area contributed by atoms with Gasteiger partial charge in [0.05, 0.1) is 0 Å². The Hall–Kier alpha value is -1.02. The van der Waals surface area contributed by atoms with Gasteiger partial charge in [-0.15, -0.1) is 0 Å². The van der Waals surface area contributed by atoms with Crippen LogP contribution in [0.2, 0.25) is 0 Å². The molecule has 0 radical (unpaired) electrons. The highest BCUT2D eigenvalue weighted by molar-refractivity contribution is 5.47. The van der Waals surface area contributed by atoms with Crippen LogP contribution < -0.4 is 10.6 Å². The third-order valence-corrected chi connectivity index (χ3v) is 2.60. The van der Waals surface area contributed by atoms with Crippen LogP contribution in [0.25, 0.3) is 0 Å². The third kappa shape index (κ3) is 3.56. The van der Waals surface area contributed by atoms with E-state index in [2.05, 4.69) is 43.0 Å². The highest BCUT2D eigenvalue weighted by Crippen LogP contribution is 2.15. The maximum atomic E-state index is 5.82. The van der Waals surface area contributed by atoms with Gasteiger partial charge in [0.1, 0.15) is 0 Å². The Balaban J connectivity index is 2.74. The van der Waals surface area contributed by atoms with Gasteiger partial charge < -0.3 is 10.6 Å². The van der Waals surface area contributed by atoms with Crippen molar-refractivity contribution in [2.45, 2.75) is 33.2 Å². The van der Waals surface area contributed by atoms with Gasteiger partial charge in [0.15, 0.2) is 0 Å². The normalized spacial score (nSPS) is 12.5. The van der Waals surface area contributed by atoms with Gasteiger partial charge in [-0.25, -0.2) is 0 Å². The number of rotatable bonds is 5. The topological polar surface area (TPSA) is 29.3 Å².